The van der Waals surface area contributed by atoms with Crippen molar-refractivity contribution in [2.45, 2.75) is 49.5 Å². The second-order valence-corrected chi connectivity index (χ2v) is 11.1. The summed E-state index contributed by atoms with van der Waals surface area (Å²) < 4.78 is 37.4. The molecular weight excluding hydrogens is 420 g/mol. The summed E-state index contributed by atoms with van der Waals surface area (Å²) >= 11 is 0. The lowest BCUT2D eigenvalue weighted by atomic mass is 9.47. The molecule has 1 aromatic rings. The van der Waals surface area contributed by atoms with Crippen LogP contribution in [0.1, 0.15) is 38.5 Å². The van der Waals surface area contributed by atoms with E-state index in [2.05, 4.69) is 10.0 Å². The number of esters is 1. The van der Waals surface area contributed by atoms with Gasteiger partial charge in [-0.05, 0) is 80.5 Å². The predicted molar refractivity (Wildman–Crippen MR) is 113 cm³/mol. The van der Waals surface area contributed by atoms with E-state index in [0.717, 1.165) is 19.3 Å². The fourth-order valence-corrected chi connectivity index (χ4v) is 7.30. The molecular formula is C22H30N2O6S. The smallest absolute Gasteiger partial charge is 0.328 e. The van der Waals surface area contributed by atoms with Crippen molar-refractivity contribution in [1.82, 2.24) is 10.0 Å². The Hall–Kier alpha value is -2.13. The van der Waals surface area contributed by atoms with Crippen molar-refractivity contribution < 1.29 is 27.5 Å². The Morgan fingerprint density at radius 2 is 1.58 bits per heavy atom. The average molecular weight is 451 g/mol. The van der Waals surface area contributed by atoms with Crippen molar-refractivity contribution in [3.63, 3.8) is 0 Å². The van der Waals surface area contributed by atoms with Crippen molar-refractivity contribution in [3.05, 3.63) is 24.3 Å². The van der Waals surface area contributed by atoms with E-state index in [1.54, 1.807) is 0 Å². The zero-order chi connectivity index (χ0) is 22.2. The number of hydrogen-bond acceptors (Lipinski definition) is 6. The summed E-state index contributed by atoms with van der Waals surface area (Å²) in [5, 5.41) is 2.81. The molecule has 4 fully saturated rings. The summed E-state index contributed by atoms with van der Waals surface area (Å²) in [7, 11) is -1.05. The molecule has 4 aliphatic carbocycles. The molecule has 9 heteroatoms. The lowest BCUT2D eigenvalue weighted by Gasteiger charge is -2.58. The number of methoxy groups -OCH3 is 2. The number of sulfonamides is 1. The van der Waals surface area contributed by atoms with Crippen molar-refractivity contribution in [2.75, 3.05) is 20.8 Å². The molecule has 8 nitrogen and oxygen atoms in total. The molecule has 31 heavy (non-hydrogen) atoms. The van der Waals surface area contributed by atoms with E-state index in [1.807, 2.05) is 0 Å². The Labute approximate surface area is 183 Å². The Bertz CT molecular complexity index is 908. The maximum atomic E-state index is 12.7. The predicted octanol–water partition coefficient (Wildman–Crippen LogP) is 1.85. The van der Waals surface area contributed by atoms with Gasteiger partial charge < -0.3 is 14.8 Å². The first kappa shape index (κ1) is 22.1. The van der Waals surface area contributed by atoms with E-state index < -0.39 is 34.5 Å². The molecule has 4 saturated carbocycles. The first-order valence-corrected chi connectivity index (χ1v) is 12.2. The third-order valence-electron chi connectivity index (χ3n) is 7.23. The highest BCUT2D eigenvalue weighted by Gasteiger charge is 2.56. The number of carbonyl (C=O) groups excluding carboxylic acids is 2. The Morgan fingerprint density at radius 3 is 2.06 bits per heavy atom. The van der Waals surface area contributed by atoms with Gasteiger partial charge in [-0.15, -0.1) is 0 Å². The summed E-state index contributed by atoms with van der Waals surface area (Å²) in [6, 6.07) is 5.14. The van der Waals surface area contributed by atoms with Gasteiger partial charge in [0.2, 0.25) is 15.9 Å². The first-order valence-electron chi connectivity index (χ1n) is 10.8. The fraction of sp³-hybridized carbons (Fsp3) is 0.636. The van der Waals surface area contributed by atoms with Crippen LogP contribution in [0.25, 0.3) is 0 Å². The largest absolute Gasteiger partial charge is 0.497 e. The van der Waals surface area contributed by atoms with E-state index in [4.69, 9.17) is 9.47 Å². The number of rotatable bonds is 8. The third-order valence-corrected chi connectivity index (χ3v) is 8.65. The molecule has 0 heterocycles. The minimum absolute atomic E-state index is 0.0340. The fourth-order valence-electron chi connectivity index (χ4n) is 6.32. The van der Waals surface area contributed by atoms with Crippen LogP contribution >= 0.6 is 0 Å². The number of carbonyl (C=O) groups is 2. The first-order chi connectivity index (χ1) is 14.7. The standard InChI is InChI=1S/C22H30N2O6S/c1-29-17-3-5-18(6-4-17)31(27,28)23-13-19(25)24-20(21(26)30-2)22-10-14-7-15(11-22)9-16(8-14)12-22/h3-6,14-16,20,23H,7-13H2,1-2H3,(H,24,25)/t14?,15?,16?,20-,22?/m0/s1. The summed E-state index contributed by atoms with van der Waals surface area (Å²) in [4.78, 5) is 25.4. The van der Waals surface area contributed by atoms with Gasteiger partial charge in [0.15, 0.2) is 0 Å². The number of hydrogen-bond donors (Lipinski definition) is 2. The van der Waals surface area contributed by atoms with E-state index in [1.165, 1.54) is 57.7 Å². The molecule has 1 atom stereocenters. The van der Waals surface area contributed by atoms with E-state index in [0.29, 0.717) is 23.5 Å². The highest BCUT2D eigenvalue weighted by molar-refractivity contribution is 7.89. The zero-order valence-electron chi connectivity index (χ0n) is 17.9. The van der Waals surface area contributed by atoms with Gasteiger partial charge >= 0.3 is 5.97 Å². The molecule has 0 aliphatic heterocycles. The number of benzene rings is 1. The lowest BCUT2D eigenvalue weighted by Crippen LogP contribution is -2.60. The molecule has 0 saturated heterocycles. The van der Waals surface area contributed by atoms with E-state index in [9.17, 15) is 18.0 Å². The topological polar surface area (TPSA) is 111 Å². The Balaban J connectivity index is 1.43. The van der Waals surface area contributed by atoms with Crippen molar-refractivity contribution in [3.8, 4) is 5.75 Å². The molecule has 2 N–H and O–H groups in total. The van der Waals surface area contributed by atoms with Gasteiger partial charge in [-0.25, -0.2) is 17.9 Å². The van der Waals surface area contributed by atoms with Gasteiger partial charge in [0.25, 0.3) is 0 Å². The van der Waals surface area contributed by atoms with Crippen LogP contribution in [0, 0.1) is 23.2 Å². The average Bonchev–Trinajstić information content (AvgIpc) is 2.74. The van der Waals surface area contributed by atoms with Crippen molar-refractivity contribution >= 4 is 21.9 Å². The van der Waals surface area contributed by atoms with Gasteiger partial charge in [-0.2, -0.15) is 0 Å². The van der Waals surface area contributed by atoms with Crippen LogP contribution in [0.2, 0.25) is 0 Å². The molecule has 5 rings (SSSR count). The Kier molecular flexibility index (Phi) is 6.00. The second kappa shape index (κ2) is 8.43. The number of amides is 1. The van der Waals surface area contributed by atoms with Gasteiger partial charge in [-0.1, -0.05) is 0 Å². The molecule has 4 bridgehead atoms. The highest BCUT2D eigenvalue weighted by atomic mass is 32.2. The molecule has 4 aliphatic rings. The minimum Gasteiger partial charge on any atom is -0.497 e. The van der Waals surface area contributed by atoms with E-state index >= 15 is 0 Å². The monoisotopic (exact) mass is 450 g/mol. The minimum atomic E-state index is -3.87. The Morgan fingerprint density at radius 1 is 1.03 bits per heavy atom. The molecule has 0 aromatic heterocycles. The summed E-state index contributed by atoms with van der Waals surface area (Å²) in [5.41, 5.74) is -0.285. The van der Waals surface area contributed by atoms with Crippen molar-refractivity contribution in [1.29, 1.82) is 0 Å². The number of ether oxygens (including phenoxy) is 2. The third kappa shape index (κ3) is 4.43. The van der Waals surface area contributed by atoms with Gasteiger partial charge in [0.05, 0.1) is 25.7 Å². The van der Waals surface area contributed by atoms with Crippen LogP contribution in [0.15, 0.2) is 29.2 Å². The van der Waals surface area contributed by atoms with Crippen LogP contribution in [-0.2, 0) is 24.3 Å². The quantitative estimate of drug-likeness (QED) is 0.585. The number of nitrogens with one attached hydrogen (secondary N) is 2. The van der Waals surface area contributed by atoms with Gasteiger partial charge in [-0.3, -0.25) is 4.79 Å². The normalized spacial score (nSPS) is 29.9. The highest BCUT2D eigenvalue weighted by Crippen LogP contribution is 2.61. The van der Waals surface area contributed by atoms with Crippen molar-refractivity contribution in [2.24, 2.45) is 23.2 Å². The molecule has 0 unspecified atom stereocenters. The van der Waals surface area contributed by atoms with Gasteiger partial charge in [0, 0.05) is 5.41 Å². The van der Waals surface area contributed by atoms with Crippen LogP contribution in [0.4, 0.5) is 0 Å². The molecule has 0 radical (unpaired) electrons. The van der Waals surface area contributed by atoms with E-state index in [-0.39, 0.29) is 10.3 Å². The molecule has 0 spiro atoms. The lowest BCUT2D eigenvalue weighted by molar-refractivity contribution is -0.157. The van der Waals surface area contributed by atoms with Crippen LogP contribution < -0.4 is 14.8 Å². The zero-order valence-corrected chi connectivity index (χ0v) is 18.7. The van der Waals surface area contributed by atoms with Crippen LogP contribution in [-0.4, -0.2) is 47.1 Å². The second-order valence-electron chi connectivity index (χ2n) is 9.30. The molecule has 1 amide bonds. The maximum Gasteiger partial charge on any atom is 0.328 e. The van der Waals surface area contributed by atoms with Crippen LogP contribution in [0.5, 0.6) is 5.75 Å². The SMILES string of the molecule is COC(=O)[C@H](NC(=O)CNS(=O)(=O)c1ccc(OC)cc1)C12CC3CC(CC(C3)C1)C2. The van der Waals surface area contributed by atoms with Gasteiger partial charge in [0.1, 0.15) is 11.8 Å². The summed E-state index contributed by atoms with van der Waals surface area (Å²) in [6.45, 7) is -0.450. The summed E-state index contributed by atoms with van der Waals surface area (Å²) in [5.74, 6) is 1.35. The molecule has 170 valence electrons. The summed E-state index contributed by atoms with van der Waals surface area (Å²) in [6.07, 6.45) is 6.37. The molecule has 1 aromatic carbocycles. The van der Waals surface area contributed by atoms with Crippen LogP contribution in [0.3, 0.4) is 0 Å². The maximum absolute atomic E-state index is 12.7.